The largest absolute Gasteiger partial charge is 0.478 e. The molecule has 2 aromatic carbocycles. The van der Waals surface area contributed by atoms with Crippen LogP contribution in [0.5, 0.6) is 0 Å². The molecule has 0 saturated heterocycles. The molecule has 0 saturated carbocycles. The van der Waals surface area contributed by atoms with Gasteiger partial charge in [0.2, 0.25) is 0 Å². The number of carbonyl (C=O) groups excluding carboxylic acids is 1. The Labute approximate surface area is 134 Å². The minimum Gasteiger partial charge on any atom is -0.478 e. The average Bonchev–Trinajstić information content (AvgIpc) is 2.90. The Morgan fingerprint density at radius 2 is 2.04 bits per heavy atom. The van der Waals surface area contributed by atoms with Crippen molar-refractivity contribution in [3.8, 4) is 0 Å². The fourth-order valence-corrected chi connectivity index (χ4v) is 3.06. The standard InChI is InChI=1S/C18H18N2O3/c19-8-12-2-1-3-13(6-12)9-20-10-15-5-4-14(18(22)23)7-16(15)17(20)11-21/h1-7,11,17H,8-10,19H2,(H,22,23). The van der Waals surface area contributed by atoms with E-state index in [0.29, 0.717) is 19.6 Å². The third kappa shape index (κ3) is 3.02. The normalized spacial score (nSPS) is 17.0. The van der Waals surface area contributed by atoms with Gasteiger partial charge in [-0.25, -0.2) is 4.79 Å². The molecule has 1 atom stereocenters. The van der Waals surface area contributed by atoms with Gasteiger partial charge in [0.05, 0.1) is 11.6 Å². The Balaban J connectivity index is 1.87. The molecule has 2 aromatic rings. The second kappa shape index (κ2) is 6.32. The number of hydrogen-bond acceptors (Lipinski definition) is 4. The van der Waals surface area contributed by atoms with Crippen molar-refractivity contribution in [3.63, 3.8) is 0 Å². The lowest BCUT2D eigenvalue weighted by Gasteiger charge is -2.20. The number of carboxylic acid groups (broad SMARTS) is 1. The van der Waals surface area contributed by atoms with E-state index < -0.39 is 12.0 Å². The Morgan fingerprint density at radius 3 is 2.74 bits per heavy atom. The summed E-state index contributed by atoms with van der Waals surface area (Å²) < 4.78 is 0. The molecule has 0 bridgehead atoms. The highest BCUT2D eigenvalue weighted by molar-refractivity contribution is 5.88. The Bertz CT molecular complexity index is 758. The maximum atomic E-state index is 11.6. The van der Waals surface area contributed by atoms with Gasteiger partial charge in [0.15, 0.2) is 0 Å². The molecule has 5 heteroatoms. The van der Waals surface area contributed by atoms with Gasteiger partial charge in [0.25, 0.3) is 0 Å². The first-order valence-corrected chi connectivity index (χ1v) is 7.45. The first-order chi connectivity index (χ1) is 11.1. The summed E-state index contributed by atoms with van der Waals surface area (Å²) in [5.74, 6) is -0.980. The fourth-order valence-electron chi connectivity index (χ4n) is 3.06. The summed E-state index contributed by atoms with van der Waals surface area (Å²) in [6.45, 7) is 1.73. The average molecular weight is 310 g/mol. The zero-order chi connectivity index (χ0) is 16.4. The summed E-state index contributed by atoms with van der Waals surface area (Å²) in [5, 5.41) is 9.12. The molecule has 118 valence electrons. The van der Waals surface area contributed by atoms with Crippen LogP contribution in [0.3, 0.4) is 0 Å². The van der Waals surface area contributed by atoms with Crippen LogP contribution in [-0.4, -0.2) is 22.3 Å². The number of carbonyl (C=O) groups is 2. The minimum atomic E-state index is -0.980. The van der Waals surface area contributed by atoms with Gasteiger partial charge in [-0.2, -0.15) is 0 Å². The van der Waals surface area contributed by atoms with E-state index >= 15 is 0 Å². The van der Waals surface area contributed by atoms with Gasteiger partial charge in [0, 0.05) is 19.6 Å². The van der Waals surface area contributed by atoms with Gasteiger partial charge in [-0.15, -0.1) is 0 Å². The molecular formula is C18H18N2O3. The van der Waals surface area contributed by atoms with Crippen LogP contribution in [0.2, 0.25) is 0 Å². The number of hydrogen-bond donors (Lipinski definition) is 2. The summed E-state index contributed by atoms with van der Waals surface area (Å²) in [6.07, 6.45) is 0.879. The molecular weight excluding hydrogens is 292 g/mol. The monoisotopic (exact) mass is 310 g/mol. The number of aromatic carboxylic acids is 1. The molecule has 0 radical (unpaired) electrons. The van der Waals surface area contributed by atoms with E-state index in [1.54, 1.807) is 18.2 Å². The lowest BCUT2D eigenvalue weighted by Crippen LogP contribution is -2.22. The molecule has 3 rings (SSSR count). The second-order valence-electron chi connectivity index (χ2n) is 5.73. The molecule has 5 nitrogen and oxygen atoms in total. The highest BCUT2D eigenvalue weighted by Crippen LogP contribution is 2.34. The van der Waals surface area contributed by atoms with E-state index in [9.17, 15) is 9.59 Å². The zero-order valence-electron chi connectivity index (χ0n) is 12.6. The van der Waals surface area contributed by atoms with E-state index in [0.717, 1.165) is 28.5 Å². The van der Waals surface area contributed by atoms with Crippen molar-refractivity contribution in [3.05, 3.63) is 70.3 Å². The zero-order valence-corrected chi connectivity index (χ0v) is 12.6. The molecule has 1 aliphatic heterocycles. The molecule has 1 heterocycles. The predicted octanol–water partition coefficient (Wildman–Crippen LogP) is 2.10. The molecule has 0 fully saturated rings. The number of rotatable bonds is 5. The number of benzene rings is 2. The summed E-state index contributed by atoms with van der Waals surface area (Å²) in [6, 6.07) is 12.5. The minimum absolute atomic E-state index is 0.211. The van der Waals surface area contributed by atoms with Crippen LogP contribution in [0.25, 0.3) is 0 Å². The summed E-state index contributed by atoms with van der Waals surface area (Å²) in [4.78, 5) is 24.7. The third-order valence-corrected chi connectivity index (χ3v) is 4.22. The van der Waals surface area contributed by atoms with Gasteiger partial charge >= 0.3 is 5.97 Å². The highest BCUT2D eigenvalue weighted by Gasteiger charge is 2.30. The van der Waals surface area contributed by atoms with Gasteiger partial charge in [-0.05, 0) is 34.4 Å². The Kier molecular flexibility index (Phi) is 4.23. The SMILES string of the molecule is NCc1cccc(CN2Cc3ccc(C(=O)O)cc3C2C=O)c1. The topological polar surface area (TPSA) is 83.6 Å². The Hall–Kier alpha value is -2.50. The Morgan fingerprint density at radius 1 is 1.26 bits per heavy atom. The van der Waals surface area contributed by atoms with Gasteiger partial charge in [-0.3, -0.25) is 4.90 Å². The van der Waals surface area contributed by atoms with Crippen molar-refractivity contribution in [1.29, 1.82) is 0 Å². The second-order valence-corrected chi connectivity index (χ2v) is 5.73. The first-order valence-electron chi connectivity index (χ1n) is 7.45. The lowest BCUT2D eigenvalue weighted by molar-refractivity contribution is -0.112. The first kappa shape index (κ1) is 15.4. The van der Waals surface area contributed by atoms with E-state index in [-0.39, 0.29) is 5.56 Å². The van der Waals surface area contributed by atoms with Crippen molar-refractivity contribution in [1.82, 2.24) is 4.90 Å². The van der Waals surface area contributed by atoms with Crippen LogP contribution in [0.1, 0.15) is 38.7 Å². The van der Waals surface area contributed by atoms with Crippen LogP contribution in [-0.2, 0) is 24.4 Å². The number of aldehydes is 1. The van der Waals surface area contributed by atoms with Crippen molar-refractivity contribution < 1.29 is 14.7 Å². The molecule has 1 aliphatic rings. The van der Waals surface area contributed by atoms with Crippen molar-refractivity contribution in [2.45, 2.75) is 25.7 Å². The van der Waals surface area contributed by atoms with Crippen molar-refractivity contribution in [2.75, 3.05) is 0 Å². The molecule has 0 aliphatic carbocycles. The predicted molar refractivity (Wildman–Crippen MR) is 85.8 cm³/mol. The smallest absolute Gasteiger partial charge is 0.335 e. The number of fused-ring (bicyclic) bond motifs is 1. The highest BCUT2D eigenvalue weighted by atomic mass is 16.4. The van der Waals surface area contributed by atoms with Crippen LogP contribution in [0, 0.1) is 0 Å². The van der Waals surface area contributed by atoms with Gasteiger partial charge in [-0.1, -0.05) is 30.3 Å². The van der Waals surface area contributed by atoms with Crippen LogP contribution < -0.4 is 5.73 Å². The quantitative estimate of drug-likeness (QED) is 0.826. The van der Waals surface area contributed by atoms with E-state index in [2.05, 4.69) is 0 Å². The van der Waals surface area contributed by atoms with E-state index in [1.807, 2.05) is 29.2 Å². The summed E-state index contributed by atoms with van der Waals surface area (Å²) >= 11 is 0. The molecule has 1 unspecified atom stereocenters. The van der Waals surface area contributed by atoms with Gasteiger partial charge in [0.1, 0.15) is 6.29 Å². The number of nitrogens with zero attached hydrogens (tertiary/aromatic N) is 1. The lowest BCUT2D eigenvalue weighted by atomic mass is 10.0. The summed E-state index contributed by atoms with van der Waals surface area (Å²) in [7, 11) is 0. The fraction of sp³-hybridized carbons (Fsp3) is 0.222. The molecule has 0 aromatic heterocycles. The van der Waals surface area contributed by atoms with E-state index in [1.165, 1.54) is 0 Å². The number of carboxylic acids is 1. The number of nitrogens with two attached hydrogens (primary N) is 1. The molecule has 23 heavy (non-hydrogen) atoms. The summed E-state index contributed by atoms with van der Waals surface area (Å²) in [5.41, 5.74) is 9.81. The van der Waals surface area contributed by atoms with Crippen LogP contribution >= 0.6 is 0 Å². The van der Waals surface area contributed by atoms with Crippen molar-refractivity contribution in [2.24, 2.45) is 5.73 Å². The van der Waals surface area contributed by atoms with Gasteiger partial charge < -0.3 is 15.6 Å². The van der Waals surface area contributed by atoms with Crippen molar-refractivity contribution >= 4 is 12.3 Å². The third-order valence-electron chi connectivity index (χ3n) is 4.22. The van der Waals surface area contributed by atoms with Crippen LogP contribution in [0.4, 0.5) is 0 Å². The van der Waals surface area contributed by atoms with Crippen LogP contribution in [0.15, 0.2) is 42.5 Å². The molecule has 0 amide bonds. The van der Waals surface area contributed by atoms with E-state index in [4.69, 9.17) is 10.8 Å². The molecule has 0 spiro atoms. The molecule has 3 N–H and O–H groups in total. The maximum absolute atomic E-state index is 11.6. The maximum Gasteiger partial charge on any atom is 0.335 e.